The van der Waals surface area contributed by atoms with E-state index in [2.05, 4.69) is 5.32 Å². The summed E-state index contributed by atoms with van der Waals surface area (Å²) in [6.07, 6.45) is 4.29. The smallest absolute Gasteiger partial charge is 0.269 e. The molecule has 0 aromatic heterocycles. The maximum Gasteiger partial charge on any atom is 0.269 e. The average molecular weight is 498 g/mol. The highest BCUT2D eigenvalue weighted by Crippen LogP contribution is 2.30. The van der Waals surface area contributed by atoms with Gasteiger partial charge in [-0.2, -0.15) is 0 Å². The van der Waals surface area contributed by atoms with E-state index in [0.29, 0.717) is 10.7 Å². The monoisotopic (exact) mass is 497 g/mol. The van der Waals surface area contributed by atoms with E-state index in [4.69, 9.17) is 0 Å². The average Bonchev–Trinajstić information content (AvgIpc) is 3.41. The Morgan fingerprint density at radius 3 is 2.40 bits per heavy atom. The molecular weight excluding hydrogens is 466 g/mol. The van der Waals surface area contributed by atoms with Crippen LogP contribution in [-0.2, 0) is 26.2 Å². The highest BCUT2D eigenvalue weighted by atomic mass is 32.2. The SMILES string of the molecule is CCC(C(=O)NC1CCCC1)N(Cc1ccccc1C)C(=O)CN1C(=O)c2ccccc2S1(=O)=O. The molecule has 1 unspecified atom stereocenters. The van der Waals surface area contributed by atoms with Crippen molar-refractivity contribution in [1.29, 1.82) is 0 Å². The molecule has 4 rings (SSSR count). The van der Waals surface area contributed by atoms with Gasteiger partial charge in [-0.1, -0.05) is 56.2 Å². The van der Waals surface area contributed by atoms with Crippen molar-refractivity contribution in [2.75, 3.05) is 6.54 Å². The molecule has 0 spiro atoms. The van der Waals surface area contributed by atoms with Crippen LogP contribution in [0.3, 0.4) is 0 Å². The summed E-state index contributed by atoms with van der Waals surface area (Å²) >= 11 is 0. The Morgan fingerprint density at radius 2 is 1.74 bits per heavy atom. The molecule has 9 heteroatoms. The van der Waals surface area contributed by atoms with E-state index >= 15 is 0 Å². The number of fused-ring (bicyclic) bond motifs is 1. The second kappa shape index (κ2) is 10.2. The fraction of sp³-hybridized carbons (Fsp3) is 0.423. The molecule has 1 saturated carbocycles. The fourth-order valence-electron chi connectivity index (χ4n) is 4.86. The van der Waals surface area contributed by atoms with Gasteiger partial charge in [0.25, 0.3) is 15.9 Å². The first kappa shape index (κ1) is 24.9. The van der Waals surface area contributed by atoms with Crippen molar-refractivity contribution in [2.24, 2.45) is 0 Å². The second-order valence-corrected chi connectivity index (χ2v) is 11.0. The predicted molar refractivity (Wildman–Crippen MR) is 131 cm³/mol. The van der Waals surface area contributed by atoms with E-state index in [1.54, 1.807) is 12.1 Å². The predicted octanol–water partition coefficient (Wildman–Crippen LogP) is 3.01. The minimum atomic E-state index is -4.14. The van der Waals surface area contributed by atoms with Gasteiger partial charge in [0.1, 0.15) is 17.5 Å². The molecule has 3 amide bonds. The zero-order valence-corrected chi connectivity index (χ0v) is 20.9. The lowest BCUT2D eigenvalue weighted by Gasteiger charge is -2.32. The van der Waals surface area contributed by atoms with Gasteiger partial charge in [-0.05, 0) is 49.4 Å². The molecule has 1 aliphatic carbocycles. The lowest BCUT2D eigenvalue weighted by molar-refractivity contribution is -0.141. The number of hydrogen-bond acceptors (Lipinski definition) is 5. The molecule has 2 aromatic rings. The molecule has 0 saturated heterocycles. The Balaban J connectivity index is 1.62. The summed E-state index contributed by atoms with van der Waals surface area (Å²) in [5.41, 5.74) is 1.86. The third-order valence-electron chi connectivity index (χ3n) is 6.88. The number of amides is 3. The molecule has 1 atom stereocenters. The second-order valence-electron chi connectivity index (χ2n) is 9.18. The van der Waals surface area contributed by atoms with E-state index in [9.17, 15) is 22.8 Å². The number of nitrogens with zero attached hydrogens (tertiary/aromatic N) is 2. The minimum absolute atomic E-state index is 0.0526. The van der Waals surface area contributed by atoms with Gasteiger partial charge in [-0.25, -0.2) is 12.7 Å². The van der Waals surface area contributed by atoms with E-state index < -0.39 is 34.4 Å². The van der Waals surface area contributed by atoms with Crippen LogP contribution < -0.4 is 5.32 Å². The van der Waals surface area contributed by atoms with Gasteiger partial charge < -0.3 is 10.2 Å². The highest BCUT2D eigenvalue weighted by molar-refractivity contribution is 7.90. The molecule has 2 aliphatic rings. The standard InChI is InChI=1S/C26H31N3O5S/c1-3-22(25(31)27-20-12-6-7-13-20)28(16-19-11-5-4-10-18(19)2)24(30)17-29-26(32)21-14-8-9-15-23(21)35(29,33)34/h4-5,8-11,14-15,20,22H,3,6-7,12-13,16-17H2,1-2H3,(H,27,31). The first-order valence-electron chi connectivity index (χ1n) is 12.0. The number of aryl methyl sites for hydroxylation is 1. The zero-order chi connectivity index (χ0) is 25.2. The fourth-order valence-corrected chi connectivity index (χ4v) is 6.38. The minimum Gasteiger partial charge on any atom is -0.352 e. The van der Waals surface area contributed by atoms with Gasteiger partial charge in [-0.15, -0.1) is 0 Å². The largest absolute Gasteiger partial charge is 0.352 e. The van der Waals surface area contributed by atoms with Crippen molar-refractivity contribution in [1.82, 2.24) is 14.5 Å². The van der Waals surface area contributed by atoms with Crippen molar-refractivity contribution in [3.05, 3.63) is 65.2 Å². The Labute approximate surface area is 206 Å². The molecule has 0 radical (unpaired) electrons. The number of carbonyl (C=O) groups excluding carboxylic acids is 3. The van der Waals surface area contributed by atoms with Crippen LogP contribution >= 0.6 is 0 Å². The van der Waals surface area contributed by atoms with Gasteiger partial charge in [-0.3, -0.25) is 14.4 Å². The number of sulfonamides is 1. The van der Waals surface area contributed by atoms with Crippen LogP contribution in [0.15, 0.2) is 53.4 Å². The maximum absolute atomic E-state index is 13.6. The van der Waals surface area contributed by atoms with Gasteiger partial charge in [0, 0.05) is 12.6 Å². The first-order chi connectivity index (χ1) is 16.7. The van der Waals surface area contributed by atoms with E-state index in [-0.39, 0.29) is 29.0 Å². The topological polar surface area (TPSA) is 104 Å². The van der Waals surface area contributed by atoms with Crippen LogP contribution in [0.5, 0.6) is 0 Å². The Kier molecular flexibility index (Phi) is 7.25. The molecule has 186 valence electrons. The summed E-state index contributed by atoms with van der Waals surface area (Å²) in [6.45, 7) is 3.22. The summed E-state index contributed by atoms with van der Waals surface area (Å²) in [7, 11) is -4.14. The van der Waals surface area contributed by atoms with E-state index in [1.807, 2.05) is 38.1 Å². The Morgan fingerprint density at radius 1 is 1.09 bits per heavy atom. The third kappa shape index (κ3) is 4.96. The van der Waals surface area contributed by atoms with Gasteiger partial charge >= 0.3 is 0 Å². The quantitative estimate of drug-likeness (QED) is 0.604. The van der Waals surface area contributed by atoms with Crippen molar-refractivity contribution < 1.29 is 22.8 Å². The molecule has 1 fully saturated rings. The molecule has 1 aliphatic heterocycles. The number of hydrogen-bond donors (Lipinski definition) is 1. The van der Waals surface area contributed by atoms with E-state index in [0.717, 1.165) is 36.8 Å². The lowest BCUT2D eigenvalue weighted by Crippen LogP contribution is -2.53. The van der Waals surface area contributed by atoms with Gasteiger partial charge in [0.05, 0.1) is 5.56 Å². The van der Waals surface area contributed by atoms with Crippen LogP contribution in [0.25, 0.3) is 0 Å². The van der Waals surface area contributed by atoms with Crippen LogP contribution in [0, 0.1) is 6.92 Å². The maximum atomic E-state index is 13.6. The van der Waals surface area contributed by atoms with Crippen molar-refractivity contribution in [2.45, 2.75) is 69.5 Å². The van der Waals surface area contributed by atoms with E-state index in [1.165, 1.54) is 17.0 Å². The van der Waals surface area contributed by atoms with Crippen molar-refractivity contribution in [3.8, 4) is 0 Å². The summed E-state index contributed by atoms with van der Waals surface area (Å²) in [4.78, 5) is 41.1. The van der Waals surface area contributed by atoms with Crippen LogP contribution in [0.1, 0.15) is 60.5 Å². The number of rotatable bonds is 8. The Hall–Kier alpha value is -3.20. The highest BCUT2D eigenvalue weighted by Gasteiger charge is 2.43. The molecule has 35 heavy (non-hydrogen) atoms. The van der Waals surface area contributed by atoms with Crippen LogP contribution in [0.2, 0.25) is 0 Å². The lowest BCUT2D eigenvalue weighted by atomic mass is 10.1. The molecule has 8 nitrogen and oxygen atoms in total. The number of benzene rings is 2. The van der Waals surface area contributed by atoms with Crippen LogP contribution in [-0.4, -0.2) is 54.0 Å². The summed E-state index contributed by atoms with van der Waals surface area (Å²) < 4.78 is 26.7. The Bertz CT molecular complexity index is 1240. The zero-order valence-electron chi connectivity index (χ0n) is 20.1. The molecule has 1 N–H and O–H groups in total. The number of nitrogens with one attached hydrogen (secondary N) is 1. The molecule has 2 aromatic carbocycles. The van der Waals surface area contributed by atoms with Crippen LogP contribution in [0.4, 0.5) is 0 Å². The van der Waals surface area contributed by atoms with Gasteiger partial charge in [0.2, 0.25) is 11.8 Å². The van der Waals surface area contributed by atoms with Gasteiger partial charge in [0.15, 0.2) is 0 Å². The summed E-state index contributed by atoms with van der Waals surface area (Å²) in [6, 6.07) is 12.8. The molecule has 1 heterocycles. The van der Waals surface area contributed by atoms with Crippen molar-refractivity contribution >= 4 is 27.7 Å². The normalized spacial score (nSPS) is 17.8. The third-order valence-corrected chi connectivity index (χ3v) is 8.67. The number of carbonyl (C=O) groups is 3. The molecular formula is C26H31N3O5S. The summed E-state index contributed by atoms with van der Waals surface area (Å²) in [5, 5.41) is 3.07. The van der Waals surface area contributed by atoms with Crippen molar-refractivity contribution in [3.63, 3.8) is 0 Å². The summed E-state index contributed by atoms with van der Waals surface area (Å²) in [5.74, 6) is -1.57. The molecule has 0 bridgehead atoms. The first-order valence-corrected chi connectivity index (χ1v) is 13.5.